The maximum absolute atomic E-state index is 13.0. The second kappa shape index (κ2) is 9.55. The monoisotopic (exact) mass is 497 g/mol. The van der Waals surface area contributed by atoms with Crippen LogP contribution in [0.5, 0.6) is 0 Å². The van der Waals surface area contributed by atoms with Crippen LogP contribution >= 0.6 is 0 Å². The van der Waals surface area contributed by atoms with Crippen LogP contribution in [0.25, 0.3) is 5.95 Å². The molecule has 1 aromatic carbocycles. The van der Waals surface area contributed by atoms with Crippen molar-refractivity contribution >= 4 is 27.7 Å². The van der Waals surface area contributed by atoms with Crippen LogP contribution < -0.4 is 5.32 Å². The number of nitrogens with zero attached hydrogens (tertiary/aromatic N) is 6. The summed E-state index contributed by atoms with van der Waals surface area (Å²) in [6, 6.07) is 9.31. The van der Waals surface area contributed by atoms with Gasteiger partial charge < -0.3 is 10.2 Å². The lowest BCUT2D eigenvalue weighted by molar-refractivity contribution is -0.129. The molecule has 0 bridgehead atoms. The average molecular weight is 498 g/mol. The molecule has 11 nitrogen and oxygen atoms in total. The molecule has 0 radical (unpaired) electrons. The van der Waals surface area contributed by atoms with E-state index in [1.807, 2.05) is 19.9 Å². The number of amides is 2. The predicted molar refractivity (Wildman–Crippen MR) is 129 cm³/mol. The zero-order valence-corrected chi connectivity index (χ0v) is 20.8. The zero-order chi connectivity index (χ0) is 25.3. The maximum atomic E-state index is 13.0. The first kappa shape index (κ1) is 24.5. The van der Waals surface area contributed by atoms with Crippen LogP contribution in [0.15, 0.2) is 41.3 Å². The van der Waals surface area contributed by atoms with E-state index in [9.17, 15) is 18.0 Å². The molecule has 3 aromatic rings. The number of carbonyl (C=O) groups excluding carboxylic acids is 2. The number of nitrogens with one attached hydrogen (secondary N) is 1. The fourth-order valence-electron chi connectivity index (χ4n) is 3.90. The Morgan fingerprint density at radius 3 is 2.06 bits per heavy atom. The molecule has 0 unspecified atom stereocenters. The highest BCUT2D eigenvalue weighted by atomic mass is 32.2. The Bertz CT molecular complexity index is 1360. The fourth-order valence-corrected chi connectivity index (χ4v) is 5.32. The van der Waals surface area contributed by atoms with E-state index in [-0.39, 0.29) is 29.5 Å². The van der Waals surface area contributed by atoms with Crippen LogP contribution in [-0.4, -0.2) is 75.4 Å². The molecule has 2 amide bonds. The van der Waals surface area contributed by atoms with E-state index in [1.54, 1.807) is 17.9 Å². The molecule has 0 aliphatic carbocycles. The molecule has 1 saturated heterocycles. The zero-order valence-electron chi connectivity index (χ0n) is 20.0. The first-order valence-corrected chi connectivity index (χ1v) is 12.5. The number of rotatable bonds is 5. The Kier molecular flexibility index (Phi) is 6.68. The van der Waals surface area contributed by atoms with Gasteiger partial charge >= 0.3 is 0 Å². The van der Waals surface area contributed by atoms with Crippen LogP contribution in [0.3, 0.4) is 0 Å². The quantitative estimate of drug-likeness (QED) is 0.568. The van der Waals surface area contributed by atoms with Gasteiger partial charge in [0.1, 0.15) is 5.82 Å². The Hall–Kier alpha value is -3.64. The van der Waals surface area contributed by atoms with Crippen molar-refractivity contribution in [3.8, 4) is 5.95 Å². The minimum absolute atomic E-state index is 0.0713. The van der Waals surface area contributed by atoms with Gasteiger partial charge in [-0.25, -0.2) is 18.4 Å². The Labute approximate surface area is 203 Å². The molecular formula is C23H27N7O4S. The van der Waals surface area contributed by atoms with Gasteiger partial charge in [0.05, 0.1) is 10.6 Å². The van der Waals surface area contributed by atoms with Gasteiger partial charge in [0, 0.05) is 56.1 Å². The van der Waals surface area contributed by atoms with Gasteiger partial charge in [0.25, 0.3) is 11.9 Å². The molecule has 0 atom stereocenters. The highest BCUT2D eigenvalue weighted by Crippen LogP contribution is 2.20. The van der Waals surface area contributed by atoms with Gasteiger partial charge in [0.15, 0.2) is 0 Å². The molecule has 3 heterocycles. The fraction of sp³-hybridized carbons (Fsp3) is 0.348. The number of hydrogen-bond donors (Lipinski definition) is 1. The van der Waals surface area contributed by atoms with Crippen LogP contribution in [-0.2, 0) is 14.8 Å². The summed E-state index contributed by atoms with van der Waals surface area (Å²) in [5, 5.41) is 7.20. The molecule has 1 N–H and O–H groups in total. The van der Waals surface area contributed by atoms with E-state index in [2.05, 4.69) is 20.4 Å². The minimum Gasteiger partial charge on any atom is -0.340 e. The van der Waals surface area contributed by atoms with Crippen molar-refractivity contribution in [2.24, 2.45) is 0 Å². The molecule has 1 fully saturated rings. The number of aromatic nitrogens is 4. The standard InChI is InChI=1S/C23H27N7O4S/c1-15-13-16(2)25-23(24-15)30-21(14-17(3)27-30)26-22(32)19-5-7-20(8-6-19)35(33,34)29-11-9-28(10-12-29)18(4)31/h5-8,13-14H,9-12H2,1-4H3,(H,26,32). The molecular weight excluding hydrogens is 470 g/mol. The molecule has 35 heavy (non-hydrogen) atoms. The van der Waals surface area contributed by atoms with E-state index < -0.39 is 15.9 Å². The lowest BCUT2D eigenvalue weighted by Gasteiger charge is -2.33. The summed E-state index contributed by atoms with van der Waals surface area (Å²) < 4.78 is 28.8. The van der Waals surface area contributed by atoms with Crippen molar-refractivity contribution in [2.75, 3.05) is 31.5 Å². The van der Waals surface area contributed by atoms with Crippen LogP contribution in [0, 0.1) is 20.8 Å². The maximum Gasteiger partial charge on any atom is 0.256 e. The molecule has 0 saturated carbocycles. The first-order valence-electron chi connectivity index (χ1n) is 11.1. The van der Waals surface area contributed by atoms with Crippen molar-refractivity contribution < 1.29 is 18.0 Å². The number of anilines is 1. The highest BCUT2D eigenvalue weighted by molar-refractivity contribution is 7.89. The number of carbonyl (C=O) groups is 2. The summed E-state index contributed by atoms with van der Waals surface area (Å²) in [5.41, 5.74) is 2.52. The largest absolute Gasteiger partial charge is 0.340 e. The van der Waals surface area contributed by atoms with Crippen LogP contribution in [0.1, 0.15) is 34.4 Å². The topological polar surface area (TPSA) is 130 Å². The van der Waals surface area contributed by atoms with E-state index in [0.29, 0.717) is 30.5 Å². The SMILES string of the molecule is CC(=O)N1CCN(S(=O)(=O)c2ccc(C(=O)Nc3cc(C)nn3-c3nc(C)cc(C)n3)cc2)CC1. The third kappa shape index (κ3) is 5.23. The van der Waals surface area contributed by atoms with Gasteiger partial charge in [-0.1, -0.05) is 0 Å². The van der Waals surface area contributed by atoms with E-state index in [1.165, 1.54) is 40.2 Å². The first-order chi connectivity index (χ1) is 16.5. The van der Waals surface area contributed by atoms with Crippen LogP contribution in [0.2, 0.25) is 0 Å². The van der Waals surface area contributed by atoms with E-state index in [4.69, 9.17) is 0 Å². The number of aryl methyl sites for hydroxylation is 3. The smallest absolute Gasteiger partial charge is 0.256 e. The summed E-state index contributed by atoms with van der Waals surface area (Å²) >= 11 is 0. The Balaban J connectivity index is 1.50. The number of benzene rings is 1. The van der Waals surface area contributed by atoms with Crippen molar-refractivity contribution in [3.05, 3.63) is 59.0 Å². The Morgan fingerprint density at radius 1 is 0.886 bits per heavy atom. The molecule has 12 heteroatoms. The highest BCUT2D eigenvalue weighted by Gasteiger charge is 2.29. The van der Waals surface area contributed by atoms with E-state index >= 15 is 0 Å². The summed E-state index contributed by atoms with van der Waals surface area (Å²) in [6.07, 6.45) is 0. The summed E-state index contributed by atoms with van der Waals surface area (Å²) in [6.45, 7) is 8.14. The lowest BCUT2D eigenvalue weighted by atomic mass is 10.2. The summed E-state index contributed by atoms with van der Waals surface area (Å²) in [4.78, 5) is 34.9. The third-order valence-corrected chi connectivity index (χ3v) is 7.58. The predicted octanol–water partition coefficient (Wildman–Crippen LogP) is 1.69. The van der Waals surface area contributed by atoms with Crippen molar-refractivity contribution in [1.29, 1.82) is 0 Å². The number of hydrogen-bond acceptors (Lipinski definition) is 7. The summed E-state index contributed by atoms with van der Waals surface area (Å²) in [5.74, 6) is 0.252. The molecule has 0 spiro atoms. The normalized spacial score (nSPS) is 14.7. The van der Waals surface area contributed by atoms with Gasteiger partial charge in [-0.15, -0.1) is 0 Å². The third-order valence-electron chi connectivity index (χ3n) is 5.67. The van der Waals surface area contributed by atoms with Gasteiger partial charge in [-0.2, -0.15) is 14.1 Å². The van der Waals surface area contributed by atoms with Gasteiger partial charge in [0.2, 0.25) is 15.9 Å². The van der Waals surface area contributed by atoms with Crippen molar-refractivity contribution in [2.45, 2.75) is 32.6 Å². The second-order valence-corrected chi connectivity index (χ2v) is 10.4. The number of sulfonamides is 1. The molecule has 4 rings (SSSR count). The minimum atomic E-state index is -3.73. The second-order valence-electron chi connectivity index (χ2n) is 8.42. The molecule has 1 aliphatic heterocycles. The average Bonchev–Trinajstić information content (AvgIpc) is 3.18. The molecule has 1 aliphatic rings. The summed E-state index contributed by atoms with van der Waals surface area (Å²) in [7, 11) is -3.73. The van der Waals surface area contributed by atoms with Crippen molar-refractivity contribution in [3.63, 3.8) is 0 Å². The Morgan fingerprint density at radius 2 is 1.49 bits per heavy atom. The van der Waals surface area contributed by atoms with Crippen LogP contribution in [0.4, 0.5) is 5.82 Å². The number of piperazine rings is 1. The lowest BCUT2D eigenvalue weighted by Crippen LogP contribution is -2.49. The van der Waals surface area contributed by atoms with Gasteiger partial charge in [-0.3, -0.25) is 9.59 Å². The molecule has 2 aromatic heterocycles. The van der Waals surface area contributed by atoms with Gasteiger partial charge in [-0.05, 0) is 51.1 Å². The van der Waals surface area contributed by atoms with Crippen molar-refractivity contribution in [1.82, 2.24) is 29.0 Å². The molecule has 184 valence electrons. The van der Waals surface area contributed by atoms with E-state index in [0.717, 1.165) is 11.4 Å².